The molecule has 1 amide bonds. The van der Waals surface area contributed by atoms with Crippen LogP contribution in [0.4, 0.5) is 5.69 Å². The lowest BCUT2D eigenvalue weighted by molar-refractivity contribution is -0.229. The molecule has 0 radical (unpaired) electrons. The lowest BCUT2D eigenvalue weighted by Gasteiger charge is -2.39. The summed E-state index contributed by atoms with van der Waals surface area (Å²) < 4.78 is 12.0. The van der Waals surface area contributed by atoms with Gasteiger partial charge in [-0.05, 0) is 23.8 Å². The number of benzene rings is 2. The van der Waals surface area contributed by atoms with Crippen molar-refractivity contribution in [3.63, 3.8) is 0 Å². The van der Waals surface area contributed by atoms with Crippen molar-refractivity contribution >= 4 is 11.6 Å². The fraction of sp³-hybridized carbons (Fsp3) is 0.350. The number of anilines is 1. The molecule has 1 atom stereocenters. The number of hydrogen-bond acceptors (Lipinski definition) is 3. The predicted molar refractivity (Wildman–Crippen MR) is 91.9 cm³/mol. The first-order valence-corrected chi connectivity index (χ1v) is 8.28. The Bertz CT molecular complexity index is 746. The van der Waals surface area contributed by atoms with E-state index >= 15 is 0 Å². The Morgan fingerprint density at radius 3 is 2.29 bits per heavy atom. The lowest BCUT2D eigenvalue weighted by atomic mass is 9.95. The van der Waals surface area contributed by atoms with Crippen LogP contribution in [0.25, 0.3) is 0 Å². The van der Waals surface area contributed by atoms with Gasteiger partial charge in [0.15, 0.2) is 6.29 Å². The van der Waals surface area contributed by atoms with E-state index in [9.17, 15) is 4.79 Å². The van der Waals surface area contributed by atoms with Crippen LogP contribution in [0.15, 0.2) is 54.6 Å². The number of fused-ring (bicyclic) bond motifs is 1. The van der Waals surface area contributed by atoms with Crippen molar-refractivity contribution < 1.29 is 14.3 Å². The van der Waals surface area contributed by atoms with Gasteiger partial charge in [0.05, 0.1) is 13.2 Å². The third-order valence-electron chi connectivity index (χ3n) is 4.58. The first kappa shape index (κ1) is 15.4. The number of para-hydroxylation sites is 1. The van der Waals surface area contributed by atoms with Crippen molar-refractivity contribution in [3.8, 4) is 0 Å². The zero-order chi connectivity index (χ0) is 16.7. The number of rotatable bonds is 2. The van der Waals surface area contributed by atoms with E-state index in [0.717, 1.165) is 16.8 Å². The van der Waals surface area contributed by atoms with Gasteiger partial charge in [0.2, 0.25) is 0 Å². The summed E-state index contributed by atoms with van der Waals surface area (Å²) in [7, 11) is 0. The molecule has 1 unspecified atom stereocenters. The summed E-state index contributed by atoms with van der Waals surface area (Å²) in [4.78, 5) is 14.8. The van der Waals surface area contributed by atoms with E-state index in [4.69, 9.17) is 9.47 Å². The van der Waals surface area contributed by atoms with Crippen molar-refractivity contribution in [1.82, 2.24) is 0 Å². The van der Waals surface area contributed by atoms with E-state index < -0.39 is 6.29 Å². The molecule has 2 aliphatic rings. The molecule has 0 bridgehead atoms. The fourth-order valence-corrected chi connectivity index (χ4v) is 3.37. The minimum absolute atomic E-state index is 0.00108. The molecule has 124 valence electrons. The summed E-state index contributed by atoms with van der Waals surface area (Å²) in [6.07, 6.45) is -0.453. The smallest absolute Gasteiger partial charge is 0.259 e. The molecule has 0 aromatic heterocycles. The van der Waals surface area contributed by atoms with Gasteiger partial charge < -0.3 is 9.47 Å². The van der Waals surface area contributed by atoms with Gasteiger partial charge in [0.25, 0.3) is 5.91 Å². The molecule has 0 aliphatic carbocycles. The van der Waals surface area contributed by atoms with Gasteiger partial charge in [-0.3, -0.25) is 9.69 Å². The van der Waals surface area contributed by atoms with Crippen molar-refractivity contribution in [2.75, 3.05) is 18.1 Å². The van der Waals surface area contributed by atoms with E-state index in [2.05, 4.69) is 13.8 Å². The average Bonchev–Trinajstić information content (AvgIpc) is 2.89. The largest absolute Gasteiger partial charge is 0.349 e. The van der Waals surface area contributed by atoms with Gasteiger partial charge in [-0.25, -0.2) is 0 Å². The maximum atomic E-state index is 13.0. The minimum Gasteiger partial charge on any atom is -0.349 e. The molecule has 4 nitrogen and oxygen atoms in total. The topological polar surface area (TPSA) is 38.8 Å². The SMILES string of the molecule is CC1(C)COC(C2c3ccccc3C(=O)N2c2ccccc2)OC1. The van der Waals surface area contributed by atoms with Crippen LogP contribution in [0.3, 0.4) is 0 Å². The molecule has 2 aromatic rings. The molecule has 0 spiro atoms. The summed E-state index contributed by atoms with van der Waals surface area (Å²) in [6, 6.07) is 17.2. The zero-order valence-electron chi connectivity index (χ0n) is 13.9. The highest BCUT2D eigenvalue weighted by Crippen LogP contribution is 2.42. The predicted octanol–water partition coefficient (Wildman–Crippen LogP) is 3.79. The van der Waals surface area contributed by atoms with E-state index in [1.165, 1.54) is 0 Å². The third-order valence-corrected chi connectivity index (χ3v) is 4.58. The molecule has 2 aromatic carbocycles. The van der Waals surface area contributed by atoms with Crippen LogP contribution in [0.2, 0.25) is 0 Å². The van der Waals surface area contributed by atoms with Crippen molar-refractivity contribution in [2.24, 2.45) is 5.41 Å². The van der Waals surface area contributed by atoms with Crippen LogP contribution in [-0.2, 0) is 9.47 Å². The molecule has 1 fully saturated rings. The van der Waals surface area contributed by atoms with E-state index in [1.54, 1.807) is 4.90 Å². The Morgan fingerprint density at radius 2 is 1.58 bits per heavy atom. The number of ether oxygens (including phenoxy) is 2. The van der Waals surface area contributed by atoms with Crippen LogP contribution in [-0.4, -0.2) is 25.4 Å². The Morgan fingerprint density at radius 1 is 0.958 bits per heavy atom. The van der Waals surface area contributed by atoms with Crippen LogP contribution < -0.4 is 4.90 Å². The molecule has 1 saturated heterocycles. The highest BCUT2D eigenvalue weighted by molar-refractivity contribution is 6.11. The molecule has 0 N–H and O–H groups in total. The van der Waals surface area contributed by atoms with E-state index in [1.807, 2.05) is 54.6 Å². The second-order valence-electron chi connectivity index (χ2n) is 7.20. The van der Waals surface area contributed by atoms with Crippen LogP contribution in [0.1, 0.15) is 35.8 Å². The monoisotopic (exact) mass is 323 g/mol. The van der Waals surface area contributed by atoms with Crippen LogP contribution >= 0.6 is 0 Å². The van der Waals surface area contributed by atoms with E-state index in [-0.39, 0.29) is 17.4 Å². The number of hydrogen-bond donors (Lipinski definition) is 0. The van der Waals surface area contributed by atoms with Gasteiger partial charge in [-0.1, -0.05) is 50.2 Å². The molecule has 2 aliphatic heterocycles. The van der Waals surface area contributed by atoms with Crippen LogP contribution in [0, 0.1) is 5.41 Å². The quantitative estimate of drug-likeness (QED) is 0.844. The second-order valence-corrected chi connectivity index (χ2v) is 7.20. The Labute approximate surface area is 142 Å². The summed E-state index contributed by atoms with van der Waals surface area (Å²) >= 11 is 0. The molecule has 24 heavy (non-hydrogen) atoms. The number of amides is 1. The minimum atomic E-state index is -0.453. The first-order chi connectivity index (χ1) is 11.6. The Kier molecular flexibility index (Phi) is 3.66. The number of carbonyl (C=O) groups excluding carboxylic acids is 1. The molecule has 4 heteroatoms. The maximum absolute atomic E-state index is 13.0. The highest BCUT2D eigenvalue weighted by Gasteiger charge is 2.45. The highest BCUT2D eigenvalue weighted by atomic mass is 16.7. The van der Waals surface area contributed by atoms with Gasteiger partial charge in [-0.15, -0.1) is 0 Å². The van der Waals surface area contributed by atoms with Gasteiger partial charge in [0, 0.05) is 16.7 Å². The molecular formula is C20H21NO3. The summed E-state index contributed by atoms with van der Waals surface area (Å²) in [5.74, 6) is -0.00108. The van der Waals surface area contributed by atoms with Crippen molar-refractivity contribution in [1.29, 1.82) is 0 Å². The molecular weight excluding hydrogens is 302 g/mol. The van der Waals surface area contributed by atoms with Crippen LogP contribution in [0.5, 0.6) is 0 Å². The number of carbonyl (C=O) groups is 1. The zero-order valence-corrected chi connectivity index (χ0v) is 13.9. The summed E-state index contributed by atoms with van der Waals surface area (Å²) in [5.41, 5.74) is 2.55. The fourth-order valence-electron chi connectivity index (χ4n) is 3.37. The lowest BCUT2D eigenvalue weighted by Crippen LogP contribution is -2.45. The number of nitrogens with zero attached hydrogens (tertiary/aromatic N) is 1. The molecule has 4 rings (SSSR count). The third kappa shape index (κ3) is 2.52. The second kappa shape index (κ2) is 5.72. The summed E-state index contributed by atoms with van der Waals surface area (Å²) in [5, 5.41) is 0. The Balaban J connectivity index is 1.74. The molecule has 0 saturated carbocycles. The normalized spacial score (nSPS) is 23.3. The van der Waals surface area contributed by atoms with E-state index in [0.29, 0.717) is 13.2 Å². The first-order valence-electron chi connectivity index (χ1n) is 8.28. The van der Waals surface area contributed by atoms with Gasteiger partial charge >= 0.3 is 0 Å². The van der Waals surface area contributed by atoms with Gasteiger partial charge in [-0.2, -0.15) is 0 Å². The van der Waals surface area contributed by atoms with Crippen molar-refractivity contribution in [2.45, 2.75) is 26.2 Å². The van der Waals surface area contributed by atoms with Crippen molar-refractivity contribution in [3.05, 3.63) is 65.7 Å². The summed E-state index contributed by atoms with van der Waals surface area (Å²) in [6.45, 7) is 5.47. The Hall–Kier alpha value is -2.17. The average molecular weight is 323 g/mol. The maximum Gasteiger partial charge on any atom is 0.259 e. The van der Waals surface area contributed by atoms with Gasteiger partial charge in [0.1, 0.15) is 6.04 Å². The standard InChI is InChI=1S/C20H21NO3/c1-20(2)12-23-19(24-13-20)17-15-10-6-7-11-16(15)18(22)21(17)14-8-4-3-5-9-14/h3-11,17,19H,12-13H2,1-2H3. The molecule has 2 heterocycles.